The van der Waals surface area contributed by atoms with Gasteiger partial charge in [0.25, 0.3) is 5.91 Å². The zero-order chi connectivity index (χ0) is 18.1. The number of halogens is 1. The van der Waals surface area contributed by atoms with Gasteiger partial charge in [-0.2, -0.15) is 10.4 Å². The molecule has 0 aliphatic rings. The summed E-state index contributed by atoms with van der Waals surface area (Å²) < 4.78 is 5.11. The van der Waals surface area contributed by atoms with E-state index >= 15 is 0 Å². The van der Waals surface area contributed by atoms with Gasteiger partial charge >= 0.3 is 0 Å². The number of carbonyl (C=O) groups excluding carboxylic acids is 1. The number of aromatic nitrogens is 2. The molecule has 6 nitrogen and oxygen atoms in total. The first kappa shape index (κ1) is 15.9. The Labute approximate surface area is 153 Å². The lowest BCUT2D eigenvalue weighted by atomic mass is 10.1. The van der Waals surface area contributed by atoms with Gasteiger partial charge in [-0.3, -0.25) is 9.89 Å². The third-order valence-corrected chi connectivity index (χ3v) is 4.27. The van der Waals surface area contributed by atoms with Crippen molar-refractivity contribution in [3.05, 3.63) is 71.1 Å². The molecule has 2 aromatic carbocycles. The van der Waals surface area contributed by atoms with Crippen LogP contribution in [0.15, 0.2) is 59.4 Å². The summed E-state index contributed by atoms with van der Waals surface area (Å²) in [7, 11) is 0. The highest BCUT2D eigenvalue weighted by atomic mass is 35.5. The molecule has 2 N–H and O–H groups in total. The molecule has 2 heterocycles. The number of rotatable bonds is 3. The monoisotopic (exact) mass is 362 g/mol. The average Bonchev–Trinajstić information content (AvgIpc) is 3.30. The molecular weight excluding hydrogens is 352 g/mol. The quantitative estimate of drug-likeness (QED) is 0.556. The largest absolute Gasteiger partial charge is 0.472 e. The zero-order valence-electron chi connectivity index (χ0n) is 13.3. The Bertz CT molecular complexity index is 1160. The first-order chi connectivity index (χ1) is 12.7. The van der Waals surface area contributed by atoms with Crippen molar-refractivity contribution in [2.45, 2.75) is 0 Å². The second kappa shape index (κ2) is 6.39. The second-order valence-corrected chi connectivity index (χ2v) is 6.01. The van der Waals surface area contributed by atoms with Gasteiger partial charge in [0.05, 0.1) is 40.3 Å². The van der Waals surface area contributed by atoms with Gasteiger partial charge < -0.3 is 9.73 Å². The molecule has 1 amide bonds. The summed E-state index contributed by atoms with van der Waals surface area (Å²) in [6, 6.07) is 13.8. The topological polar surface area (TPSA) is 94.7 Å². The SMILES string of the molecule is N#Cc1ccc(C(=O)Nc2ccc3[nH]nc(-c4ccoc4)c3c2)c(Cl)c1. The standard InChI is InChI=1S/C19H11ClN4O2/c20-16-7-11(9-21)1-3-14(16)19(25)22-13-2-4-17-15(8-13)18(24-23-17)12-5-6-26-10-12/h1-8,10H,(H,22,25)(H,23,24). The molecule has 0 spiro atoms. The zero-order valence-corrected chi connectivity index (χ0v) is 14.0. The van der Waals surface area contributed by atoms with Gasteiger partial charge in [0.1, 0.15) is 5.69 Å². The Morgan fingerprint density at radius 2 is 2.12 bits per heavy atom. The molecule has 0 fully saturated rings. The Balaban J connectivity index is 1.66. The average molecular weight is 363 g/mol. The van der Waals surface area contributed by atoms with E-state index in [0.717, 1.165) is 22.2 Å². The number of anilines is 1. The molecule has 126 valence electrons. The van der Waals surface area contributed by atoms with Crippen molar-refractivity contribution < 1.29 is 9.21 Å². The fourth-order valence-corrected chi connectivity index (χ4v) is 2.94. The molecule has 0 radical (unpaired) electrons. The summed E-state index contributed by atoms with van der Waals surface area (Å²) in [5.74, 6) is -0.354. The second-order valence-electron chi connectivity index (χ2n) is 5.61. The van der Waals surface area contributed by atoms with E-state index in [-0.39, 0.29) is 10.9 Å². The summed E-state index contributed by atoms with van der Waals surface area (Å²) in [5, 5.41) is 20.0. The van der Waals surface area contributed by atoms with Gasteiger partial charge in [-0.25, -0.2) is 0 Å². The number of carbonyl (C=O) groups is 1. The van der Waals surface area contributed by atoms with Crippen molar-refractivity contribution >= 4 is 34.1 Å². The molecule has 0 saturated carbocycles. The normalized spacial score (nSPS) is 10.6. The van der Waals surface area contributed by atoms with Gasteiger partial charge in [0.15, 0.2) is 0 Å². The maximum atomic E-state index is 12.5. The molecule has 2 aromatic heterocycles. The molecule has 0 aliphatic carbocycles. The fourth-order valence-electron chi connectivity index (χ4n) is 2.68. The fraction of sp³-hybridized carbons (Fsp3) is 0. The molecule has 4 rings (SSSR count). The summed E-state index contributed by atoms with van der Waals surface area (Å²) in [6.07, 6.45) is 3.19. The lowest BCUT2D eigenvalue weighted by molar-refractivity contribution is 0.102. The van der Waals surface area contributed by atoms with E-state index in [2.05, 4.69) is 15.5 Å². The number of nitrogens with zero attached hydrogens (tertiary/aromatic N) is 2. The first-order valence-corrected chi connectivity index (χ1v) is 8.05. The van der Waals surface area contributed by atoms with Crippen molar-refractivity contribution in [2.24, 2.45) is 0 Å². The van der Waals surface area contributed by atoms with Gasteiger partial charge in [-0.1, -0.05) is 11.6 Å². The van der Waals surface area contributed by atoms with Crippen LogP contribution in [0.4, 0.5) is 5.69 Å². The van der Waals surface area contributed by atoms with E-state index in [4.69, 9.17) is 21.3 Å². The summed E-state index contributed by atoms with van der Waals surface area (Å²) in [5.41, 5.74) is 3.73. The number of nitrogens with one attached hydrogen (secondary N) is 2. The number of nitriles is 1. The molecule has 0 bridgehead atoms. The van der Waals surface area contributed by atoms with Gasteiger partial charge in [-0.15, -0.1) is 0 Å². The van der Waals surface area contributed by atoms with E-state index in [1.54, 1.807) is 24.7 Å². The molecule has 0 aliphatic heterocycles. The molecule has 0 atom stereocenters. The molecule has 0 saturated heterocycles. The Morgan fingerprint density at radius 1 is 1.23 bits per heavy atom. The van der Waals surface area contributed by atoms with Crippen LogP contribution in [0.25, 0.3) is 22.2 Å². The van der Waals surface area contributed by atoms with E-state index < -0.39 is 0 Å². The predicted molar refractivity (Wildman–Crippen MR) is 97.9 cm³/mol. The highest BCUT2D eigenvalue weighted by Crippen LogP contribution is 2.29. The van der Waals surface area contributed by atoms with E-state index in [1.807, 2.05) is 24.3 Å². The lowest BCUT2D eigenvalue weighted by Crippen LogP contribution is -2.12. The molecule has 0 unspecified atom stereocenters. The van der Waals surface area contributed by atoms with Crippen LogP contribution in [0.5, 0.6) is 0 Å². The lowest BCUT2D eigenvalue weighted by Gasteiger charge is -2.07. The number of hydrogen-bond acceptors (Lipinski definition) is 4. The van der Waals surface area contributed by atoms with Crippen LogP contribution in [0.2, 0.25) is 5.02 Å². The van der Waals surface area contributed by atoms with Gasteiger partial charge in [-0.05, 0) is 42.5 Å². The van der Waals surface area contributed by atoms with Crippen LogP contribution < -0.4 is 5.32 Å². The van der Waals surface area contributed by atoms with Crippen molar-refractivity contribution in [3.63, 3.8) is 0 Å². The van der Waals surface area contributed by atoms with Crippen molar-refractivity contribution in [1.82, 2.24) is 10.2 Å². The Morgan fingerprint density at radius 3 is 2.85 bits per heavy atom. The Kier molecular flexibility index (Phi) is 3.92. The number of benzene rings is 2. The number of furan rings is 1. The third-order valence-electron chi connectivity index (χ3n) is 3.96. The summed E-state index contributed by atoms with van der Waals surface area (Å²) in [6.45, 7) is 0. The van der Waals surface area contributed by atoms with Crippen molar-refractivity contribution in [3.8, 4) is 17.3 Å². The molecular formula is C19H11ClN4O2. The maximum Gasteiger partial charge on any atom is 0.257 e. The number of hydrogen-bond donors (Lipinski definition) is 2. The minimum Gasteiger partial charge on any atom is -0.472 e. The van der Waals surface area contributed by atoms with Crippen LogP contribution in [-0.2, 0) is 0 Å². The summed E-state index contributed by atoms with van der Waals surface area (Å²) >= 11 is 6.10. The highest BCUT2D eigenvalue weighted by Gasteiger charge is 2.14. The van der Waals surface area contributed by atoms with Crippen LogP contribution in [0.1, 0.15) is 15.9 Å². The molecule has 7 heteroatoms. The van der Waals surface area contributed by atoms with E-state index in [9.17, 15) is 4.79 Å². The van der Waals surface area contributed by atoms with Gasteiger partial charge in [0, 0.05) is 16.6 Å². The van der Waals surface area contributed by atoms with E-state index in [0.29, 0.717) is 16.8 Å². The van der Waals surface area contributed by atoms with Crippen molar-refractivity contribution in [2.75, 3.05) is 5.32 Å². The third kappa shape index (κ3) is 2.81. The minimum atomic E-state index is -0.354. The highest BCUT2D eigenvalue weighted by molar-refractivity contribution is 6.34. The summed E-state index contributed by atoms with van der Waals surface area (Å²) in [4.78, 5) is 12.5. The number of aromatic amines is 1. The van der Waals surface area contributed by atoms with Crippen LogP contribution in [0, 0.1) is 11.3 Å². The number of amides is 1. The number of fused-ring (bicyclic) bond motifs is 1. The van der Waals surface area contributed by atoms with Crippen LogP contribution in [-0.4, -0.2) is 16.1 Å². The van der Waals surface area contributed by atoms with Crippen LogP contribution >= 0.6 is 11.6 Å². The Hall–Kier alpha value is -3.56. The molecule has 4 aromatic rings. The predicted octanol–water partition coefficient (Wildman–Crippen LogP) is 4.60. The first-order valence-electron chi connectivity index (χ1n) is 7.67. The number of H-pyrrole nitrogens is 1. The minimum absolute atomic E-state index is 0.227. The molecule has 26 heavy (non-hydrogen) atoms. The van der Waals surface area contributed by atoms with Gasteiger partial charge in [0.2, 0.25) is 0 Å². The maximum absolute atomic E-state index is 12.5. The van der Waals surface area contributed by atoms with Crippen molar-refractivity contribution in [1.29, 1.82) is 5.26 Å². The van der Waals surface area contributed by atoms with E-state index in [1.165, 1.54) is 12.1 Å². The van der Waals surface area contributed by atoms with Crippen LogP contribution in [0.3, 0.4) is 0 Å². The smallest absolute Gasteiger partial charge is 0.257 e.